The zero-order valence-corrected chi connectivity index (χ0v) is 17.4. The molecule has 0 radical (unpaired) electrons. The van der Waals surface area contributed by atoms with Crippen molar-refractivity contribution in [3.05, 3.63) is 77.9 Å². The van der Waals surface area contributed by atoms with E-state index in [1.165, 1.54) is 0 Å². The minimum absolute atomic E-state index is 0.00153. The number of carbonyl (C=O) groups excluding carboxylic acids is 1. The number of carbonyl (C=O) groups is 1. The number of methoxy groups -OCH3 is 1. The van der Waals surface area contributed by atoms with Crippen LogP contribution >= 0.6 is 0 Å². The summed E-state index contributed by atoms with van der Waals surface area (Å²) >= 11 is 0. The fourth-order valence-corrected chi connectivity index (χ4v) is 4.02. The Kier molecular flexibility index (Phi) is 4.91. The van der Waals surface area contributed by atoms with E-state index in [0.29, 0.717) is 18.1 Å². The van der Waals surface area contributed by atoms with Crippen LogP contribution in [0.1, 0.15) is 29.5 Å². The predicted molar refractivity (Wildman–Crippen MR) is 113 cm³/mol. The molecule has 1 amide bonds. The van der Waals surface area contributed by atoms with Gasteiger partial charge in [0.25, 0.3) is 5.91 Å². The highest BCUT2D eigenvalue weighted by Gasteiger charge is 2.40. The topological polar surface area (TPSA) is 83.7 Å². The molecule has 8 heteroatoms. The van der Waals surface area contributed by atoms with Crippen molar-refractivity contribution >= 4 is 5.91 Å². The molecule has 2 atom stereocenters. The first-order valence-electron chi connectivity index (χ1n) is 10.2. The van der Waals surface area contributed by atoms with Gasteiger partial charge in [0.15, 0.2) is 0 Å². The molecule has 1 N–H and O–H groups in total. The van der Waals surface area contributed by atoms with Crippen molar-refractivity contribution in [2.75, 3.05) is 7.11 Å². The molecule has 3 heterocycles. The fourth-order valence-electron chi connectivity index (χ4n) is 4.02. The third-order valence-corrected chi connectivity index (χ3v) is 5.75. The number of fused-ring (bicyclic) bond motifs is 1. The minimum Gasteiger partial charge on any atom is -0.497 e. The van der Waals surface area contributed by atoms with Crippen LogP contribution in [-0.2, 0) is 11.3 Å². The summed E-state index contributed by atoms with van der Waals surface area (Å²) in [5, 5.41) is 5.96. The van der Waals surface area contributed by atoms with E-state index in [2.05, 4.69) is 15.6 Å². The molecule has 0 saturated carbocycles. The van der Waals surface area contributed by atoms with Crippen LogP contribution in [-0.4, -0.2) is 39.1 Å². The Balaban J connectivity index is 1.28. The Morgan fingerprint density at radius 2 is 1.97 bits per heavy atom. The molecule has 2 unspecified atom stereocenters. The van der Waals surface area contributed by atoms with Crippen LogP contribution in [0.25, 0.3) is 11.4 Å². The smallest absolute Gasteiger partial charge is 0.251 e. The quantitative estimate of drug-likeness (QED) is 0.683. The molecule has 2 aliphatic rings. The molecular formula is C23H23N5O3. The zero-order chi connectivity index (χ0) is 21.4. The van der Waals surface area contributed by atoms with Gasteiger partial charge in [0, 0.05) is 18.0 Å². The van der Waals surface area contributed by atoms with E-state index in [1.54, 1.807) is 18.2 Å². The van der Waals surface area contributed by atoms with E-state index >= 15 is 0 Å². The van der Waals surface area contributed by atoms with Gasteiger partial charge in [-0.05, 0) is 36.6 Å². The third-order valence-electron chi connectivity index (χ3n) is 5.75. The van der Waals surface area contributed by atoms with Gasteiger partial charge in [-0.25, -0.2) is 5.43 Å². The lowest BCUT2D eigenvalue weighted by Crippen LogP contribution is -2.47. The summed E-state index contributed by atoms with van der Waals surface area (Å²) in [4.78, 5) is 19.2. The van der Waals surface area contributed by atoms with Crippen LogP contribution in [0.2, 0.25) is 0 Å². The first-order chi connectivity index (χ1) is 15.1. The number of amides is 1. The number of benzene rings is 2. The van der Waals surface area contributed by atoms with Gasteiger partial charge < -0.3 is 19.2 Å². The summed E-state index contributed by atoms with van der Waals surface area (Å²) < 4.78 is 10.6. The number of aryl methyl sites for hydroxylation is 1. The molecule has 3 aromatic rings. The summed E-state index contributed by atoms with van der Waals surface area (Å²) in [6, 6.07) is 15.5. The molecule has 2 aromatic carbocycles. The van der Waals surface area contributed by atoms with Crippen molar-refractivity contribution in [3.8, 4) is 17.1 Å². The number of hydrazine groups is 1. The molecule has 0 bridgehead atoms. The normalized spacial score (nSPS) is 20.3. The number of hydrogen-bond donors (Lipinski definition) is 1. The Morgan fingerprint density at radius 1 is 1.16 bits per heavy atom. The van der Waals surface area contributed by atoms with E-state index in [1.807, 2.05) is 66.7 Å². The van der Waals surface area contributed by atoms with Crippen LogP contribution in [0.15, 0.2) is 65.5 Å². The number of rotatable bonds is 5. The maximum atomic E-state index is 13.1. The molecule has 1 aromatic heterocycles. The zero-order valence-electron chi connectivity index (χ0n) is 17.4. The maximum Gasteiger partial charge on any atom is 0.251 e. The summed E-state index contributed by atoms with van der Waals surface area (Å²) in [5.74, 6) is 1.75. The number of hydrogen-bond acceptors (Lipinski definition) is 7. The summed E-state index contributed by atoms with van der Waals surface area (Å²) in [6.07, 6.45) is 4.30. The van der Waals surface area contributed by atoms with E-state index in [-0.39, 0.29) is 24.5 Å². The maximum absolute atomic E-state index is 13.1. The molecule has 8 nitrogen and oxygen atoms in total. The van der Waals surface area contributed by atoms with Crippen molar-refractivity contribution in [1.29, 1.82) is 0 Å². The third kappa shape index (κ3) is 3.66. The van der Waals surface area contributed by atoms with Gasteiger partial charge in [-0.15, -0.1) is 0 Å². The summed E-state index contributed by atoms with van der Waals surface area (Å²) in [6.45, 7) is 2.24. The lowest BCUT2D eigenvalue weighted by Gasteiger charge is -2.30. The molecule has 158 valence electrons. The largest absolute Gasteiger partial charge is 0.497 e. The van der Waals surface area contributed by atoms with Gasteiger partial charge in [0.2, 0.25) is 11.7 Å². The van der Waals surface area contributed by atoms with Crippen molar-refractivity contribution < 1.29 is 14.1 Å². The monoisotopic (exact) mass is 417 g/mol. The van der Waals surface area contributed by atoms with E-state index < -0.39 is 0 Å². The number of ether oxygens (including phenoxy) is 1. The molecule has 5 rings (SSSR count). The van der Waals surface area contributed by atoms with Crippen LogP contribution in [0.5, 0.6) is 5.75 Å². The van der Waals surface area contributed by atoms with Gasteiger partial charge in [0.1, 0.15) is 18.3 Å². The van der Waals surface area contributed by atoms with Gasteiger partial charge in [0.05, 0.1) is 13.2 Å². The lowest BCUT2D eigenvalue weighted by atomic mass is 10.0. The number of nitrogens with zero attached hydrogens (tertiary/aromatic N) is 4. The highest BCUT2D eigenvalue weighted by molar-refractivity contribution is 5.84. The Morgan fingerprint density at radius 3 is 2.74 bits per heavy atom. The van der Waals surface area contributed by atoms with Crippen LogP contribution in [0, 0.1) is 6.92 Å². The van der Waals surface area contributed by atoms with E-state index in [0.717, 1.165) is 22.4 Å². The fraction of sp³-hybridized carbons (Fsp3) is 0.261. The molecule has 0 aliphatic carbocycles. The van der Waals surface area contributed by atoms with Crippen molar-refractivity contribution in [1.82, 2.24) is 25.5 Å². The average molecular weight is 417 g/mol. The Bertz CT molecular complexity index is 1120. The molecule has 2 aliphatic heterocycles. The lowest BCUT2D eigenvalue weighted by molar-refractivity contribution is -0.135. The molecule has 0 spiro atoms. The van der Waals surface area contributed by atoms with Crippen LogP contribution < -0.4 is 10.2 Å². The van der Waals surface area contributed by atoms with E-state index in [9.17, 15) is 4.79 Å². The first kappa shape index (κ1) is 19.3. The van der Waals surface area contributed by atoms with Crippen LogP contribution in [0.3, 0.4) is 0 Å². The standard InChI is InChI=1S/C23H23N5O3/c1-15-5-3-4-6-18(15)22-24-21(31-26-22)14-27-11-12-28-20(23(27)29)13-19(25-28)16-7-9-17(30-2)10-8-16/h3-12,19-20,25H,13-14H2,1-2H3. The summed E-state index contributed by atoms with van der Waals surface area (Å²) in [5.41, 5.74) is 6.51. The van der Waals surface area contributed by atoms with Crippen molar-refractivity contribution in [2.24, 2.45) is 0 Å². The molecule has 1 fully saturated rings. The Labute approximate surface area is 180 Å². The van der Waals surface area contributed by atoms with E-state index in [4.69, 9.17) is 9.26 Å². The number of nitrogens with one attached hydrogen (secondary N) is 1. The number of aromatic nitrogens is 2. The minimum atomic E-state index is -0.282. The molecule has 31 heavy (non-hydrogen) atoms. The average Bonchev–Trinajstić information content (AvgIpc) is 3.44. The predicted octanol–water partition coefficient (Wildman–Crippen LogP) is 3.19. The highest BCUT2D eigenvalue weighted by Crippen LogP contribution is 2.32. The van der Waals surface area contributed by atoms with Gasteiger partial charge >= 0.3 is 0 Å². The second-order valence-corrected chi connectivity index (χ2v) is 7.70. The first-order valence-corrected chi connectivity index (χ1v) is 10.2. The second kappa shape index (κ2) is 7.88. The second-order valence-electron chi connectivity index (χ2n) is 7.70. The van der Waals surface area contributed by atoms with Gasteiger partial charge in [-0.2, -0.15) is 4.98 Å². The van der Waals surface area contributed by atoms with Crippen LogP contribution in [0.4, 0.5) is 0 Å². The van der Waals surface area contributed by atoms with Gasteiger partial charge in [-0.1, -0.05) is 41.6 Å². The SMILES string of the molecule is COc1ccc(C2CC3C(=O)N(Cc4nc(-c5ccccc5C)no4)C=CN3N2)cc1. The van der Waals surface area contributed by atoms with Crippen molar-refractivity contribution in [2.45, 2.75) is 32.0 Å². The Hall–Kier alpha value is -3.65. The van der Waals surface area contributed by atoms with Gasteiger partial charge in [-0.3, -0.25) is 4.79 Å². The summed E-state index contributed by atoms with van der Waals surface area (Å²) in [7, 11) is 1.65. The van der Waals surface area contributed by atoms with Crippen molar-refractivity contribution in [3.63, 3.8) is 0 Å². The molecule has 1 saturated heterocycles. The molecular weight excluding hydrogens is 394 g/mol. The highest BCUT2D eigenvalue weighted by atomic mass is 16.5.